The summed E-state index contributed by atoms with van der Waals surface area (Å²) in [6.45, 7) is 5.44. The van der Waals surface area contributed by atoms with Gasteiger partial charge in [0.15, 0.2) is 5.96 Å². The third kappa shape index (κ3) is 6.57. The number of nitrogens with zero attached hydrogens (tertiary/aromatic N) is 2. The molecule has 0 bridgehead atoms. The zero-order chi connectivity index (χ0) is 17.0. The van der Waals surface area contributed by atoms with Crippen LogP contribution in [0.1, 0.15) is 25.3 Å². The molecular weight excluding hydrogens is 324 g/mol. The van der Waals surface area contributed by atoms with Gasteiger partial charge in [-0.05, 0) is 31.6 Å². The third-order valence-electron chi connectivity index (χ3n) is 3.65. The van der Waals surface area contributed by atoms with Crippen LogP contribution in [0, 0.1) is 0 Å². The van der Waals surface area contributed by atoms with Gasteiger partial charge in [0.1, 0.15) is 6.61 Å². The molecule has 2 rings (SSSR count). The van der Waals surface area contributed by atoms with Gasteiger partial charge < -0.3 is 20.1 Å². The minimum absolute atomic E-state index is 0.488. The number of thioether (sulfide) groups is 1. The van der Waals surface area contributed by atoms with Crippen LogP contribution in [0.25, 0.3) is 0 Å². The van der Waals surface area contributed by atoms with Crippen LogP contribution in [0.5, 0.6) is 5.88 Å². The summed E-state index contributed by atoms with van der Waals surface area (Å²) in [6.07, 6.45) is 4.34. The molecule has 24 heavy (non-hydrogen) atoms. The van der Waals surface area contributed by atoms with Crippen LogP contribution in [-0.2, 0) is 11.3 Å². The fourth-order valence-electron chi connectivity index (χ4n) is 2.42. The van der Waals surface area contributed by atoms with Crippen molar-refractivity contribution >= 4 is 17.7 Å². The first kappa shape index (κ1) is 18.9. The van der Waals surface area contributed by atoms with Crippen molar-refractivity contribution in [3.8, 4) is 5.88 Å². The van der Waals surface area contributed by atoms with Crippen LogP contribution in [0.15, 0.2) is 23.3 Å². The van der Waals surface area contributed by atoms with Crippen molar-refractivity contribution in [2.45, 2.75) is 31.6 Å². The van der Waals surface area contributed by atoms with Crippen LogP contribution >= 0.6 is 11.8 Å². The normalized spacial score (nSPS) is 17.8. The van der Waals surface area contributed by atoms with Gasteiger partial charge in [0.25, 0.3) is 0 Å². The average Bonchev–Trinajstić information content (AvgIpc) is 3.12. The fourth-order valence-corrected chi connectivity index (χ4v) is 3.62. The lowest BCUT2D eigenvalue weighted by atomic mass is 10.2. The molecule has 1 aromatic heterocycles. The number of methoxy groups -OCH3 is 1. The second-order valence-corrected chi connectivity index (χ2v) is 6.93. The molecule has 1 unspecified atom stereocenters. The Labute approximate surface area is 148 Å². The Morgan fingerprint density at radius 2 is 2.33 bits per heavy atom. The van der Waals surface area contributed by atoms with E-state index in [9.17, 15) is 0 Å². The minimum Gasteiger partial charge on any atom is -0.475 e. The van der Waals surface area contributed by atoms with E-state index in [1.165, 1.54) is 18.6 Å². The highest BCUT2D eigenvalue weighted by Gasteiger charge is 2.15. The number of nitrogens with one attached hydrogen (secondary N) is 2. The van der Waals surface area contributed by atoms with Crippen LogP contribution in [0.2, 0.25) is 0 Å². The van der Waals surface area contributed by atoms with Crippen LogP contribution in [-0.4, -0.2) is 55.4 Å². The monoisotopic (exact) mass is 352 g/mol. The lowest BCUT2D eigenvalue weighted by Gasteiger charge is -2.15. The molecule has 1 aliphatic rings. The van der Waals surface area contributed by atoms with E-state index in [2.05, 4.69) is 27.5 Å². The van der Waals surface area contributed by atoms with Gasteiger partial charge >= 0.3 is 0 Å². The Balaban J connectivity index is 1.91. The van der Waals surface area contributed by atoms with Gasteiger partial charge in [0.2, 0.25) is 5.88 Å². The standard InChI is InChI=1S/C17H28N4O2S/c1-3-18-17(21-13-15-7-5-11-24-15)20-12-14-6-4-8-19-16(14)23-10-9-22-2/h4,6,8,15H,3,5,7,9-13H2,1-2H3,(H2,18,20,21). The van der Waals surface area contributed by atoms with Crippen LogP contribution in [0.4, 0.5) is 0 Å². The van der Waals surface area contributed by atoms with E-state index in [0.29, 0.717) is 30.9 Å². The molecule has 0 aromatic carbocycles. The van der Waals surface area contributed by atoms with Crippen molar-refractivity contribution in [2.75, 3.05) is 39.2 Å². The number of ether oxygens (including phenoxy) is 2. The number of rotatable bonds is 9. The van der Waals surface area contributed by atoms with E-state index in [1.54, 1.807) is 13.3 Å². The number of pyridine rings is 1. The molecule has 0 amide bonds. The fraction of sp³-hybridized carbons (Fsp3) is 0.647. The topological polar surface area (TPSA) is 67.8 Å². The highest BCUT2D eigenvalue weighted by atomic mass is 32.2. The molecule has 1 saturated heterocycles. The van der Waals surface area contributed by atoms with Crippen molar-refractivity contribution in [2.24, 2.45) is 4.99 Å². The average molecular weight is 353 g/mol. The highest BCUT2D eigenvalue weighted by Crippen LogP contribution is 2.25. The first-order valence-electron chi connectivity index (χ1n) is 8.53. The van der Waals surface area contributed by atoms with Gasteiger partial charge in [-0.1, -0.05) is 6.07 Å². The minimum atomic E-state index is 0.488. The van der Waals surface area contributed by atoms with E-state index in [1.807, 2.05) is 23.9 Å². The summed E-state index contributed by atoms with van der Waals surface area (Å²) in [5, 5.41) is 7.43. The van der Waals surface area contributed by atoms with Crippen molar-refractivity contribution in [3.63, 3.8) is 0 Å². The molecule has 0 saturated carbocycles. The van der Waals surface area contributed by atoms with E-state index in [4.69, 9.17) is 9.47 Å². The van der Waals surface area contributed by atoms with Gasteiger partial charge in [0.05, 0.1) is 13.2 Å². The van der Waals surface area contributed by atoms with Crippen molar-refractivity contribution in [1.82, 2.24) is 15.6 Å². The number of hydrogen-bond donors (Lipinski definition) is 2. The summed E-state index contributed by atoms with van der Waals surface area (Å²) in [6, 6.07) is 3.90. The molecule has 0 spiro atoms. The second kappa shape index (κ2) is 11.1. The lowest BCUT2D eigenvalue weighted by Crippen LogP contribution is -2.40. The predicted molar refractivity (Wildman–Crippen MR) is 99.9 cm³/mol. The summed E-state index contributed by atoms with van der Waals surface area (Å²) in [5.74, 6) is 2.75. The molecule has 1 fully saturated rings. The molecule has 0 radical (unpaired) electrons. The summed E-state index contributed by atoms with van der Waals surface area (Å²) in [7, 11) is 1.66. The van der Waals surface area contributed by atoms with Gasteiger partial charge in [-0.25, -0.2) is 9.98 Å². The van der Waals surface area contributed by atoms with Gasteiger partial charge in [-0.2, -0.15) is 11.8 Å². The molecule has 1 aromatic rings. The molecule has 2 heterocycles. The number of hydrogen-bond acceptors (Lipinski definition) is 5. The largest absolute Gasteiger partial charge is 0.475 e. The molecule has 1 atom stereocenters. The number of aromatic nitrogens is 1. The number of aliphatic imine (C=N–C) groups is 1. The third-order valence-corrected chi connectivity index (χ3v) is 5.05. The van der Waals surface area contributed by atoms with E-state index < -0.39 is 0 Å². The van der Waals surface area contributed by atoms with Crippen LogP contribution < -0.4 is 15.4 Å². The predicted octanol–water partition coefficient (Wildman–Crippen LogP) is 2.06. The van der Waals surface area contributed by atoms with Gasteiger partial charge in [-0.15, -0.1) is 0 Å². The van der Waals surface area contributed by atoms with Crippen molar-refractivity contribution in [3.05, 3.63) is 23.9 Å². The van der Waals surface area contributed by atoms with Gasteiger partial charge in [-0.3, -0.25) is 0 Å². The first-order chi connectivity index (χ1) is 11.8. The maximum Gasteiger partial charge on any atom is 0.218 e. The molecule has 2 N–H and O–H groups in total. The maximum atomic E-state index is 5.66. The summed E-state index contributed by atoms with van der Waals surface area (Å²) in [4.78, 5) is 8.96. The summed E-state index contributed by atoms with van der Waals surface area (Å²) < 4.78 is 10.7. The van der Waals surface area contributed by atoms with E-state index in [0.717, 1.165) is 24.6 Å². The number of guanidine groups is 1. The second-order valence-electron chi connectivity index (χ2n) is 5.52. The molecule has 0 aliphatic carbocycles. The van der Waals surface area contributed by atoms with Crippen LogP contribution in [0.3, 0.4) is 0 Å². The maximum absolute atomic E-state index is 5.66. The molecule has 1 aliphatic heterocycles. The Morgan fingerprint density at radius 3 is 3.08 bits per heavy atom. The molecular formula is C17H28N4O2S. The smallest absolute Gasteiger partial charge is 0.218 e. The zero-order valence-corrected chi connectivity index (χ0v) is 15.4. The van der Waals surface area contributed by atoms with E-state index >= 15 is 0 Å². The summed E-state index contributed by atoms with van der Waals surface area (Å²) >= 11 is 2.04. The zero-order valence-electron chi connectivity index (χ0n) is 14.6. The molecule has 6 nitrogen and oxygen atoms in total. The molecule has 134 valence electrons. The van der Waals surface area contributed by atoms with Crippen molar-refractivity contribution < 1.29 is 9.47 Å². The Bertz CT molecular complexity index is 507. The lowest BCUT2D eigenvalue weighted by molar-refractivity contribution is 0.143. The first-order valence-corrected chi connectivity index (χ1v) is 9.57. The Hall–Kier alpha value is -1.47. The quantitative estimate of drug-likeness (QED) is 0.403. The highest BCUT2D eigenvalue weighted by molar-refractivity contribution is 8.00. The van der Waals surface area contributed by atoms with Crippen molar-refractivity contribution in [1.29, 1.82) is 0 Å². The molecule has 7 heteroatoms. The Kier molecular flexibility index (Phi) is 8.76. The van der Waals surface area contributed by atoms with E-state index in [-0.39, 0.29) is 0 Å². The Morgan fingerprint density at radius 1 is 1.42 bits per heavy atom. The SMILES string of the molecule is CCNC(=NCc1cccnc1OCCOC)NCC1CCCS1. The summed E-state index contributed by atoms with van der Waals surface area (Å²) in [5.41, 5.74) is 0.973. The van der Waals surface area contributed by atoms with Gasteiger partial charge in [0, 0.05) is 37.2 Å².